The Kier molecular flexibility index (Phi) is 5.14. The van der Waals surface area contributed by atoms with Crippen molar-refractivity contribution in [1.82, 2.24) is 15.0 Å². The lowest BCUT2D eigenvalue weighted by Gasteiger charge is -2.08. The standard InChI is InChI=1S/C21H15FN6S/c22-15-6-4-14(5-7-15)18-19(29-20(24)28-18)17-9-11-25-21(27-17)26-16-3-1-2-13(12-16)8-10-23/h1-7,9,11-12H,8H2,(H2,24,28)(H,25,26,27). The Morgan fingerprint density at radius 3 is 2.72 bits per heavy atom. The summed E-state index contributed by atoms with van der Waals surface area (Å²) in [4.78, 5) is 14.0. The normalized spacial score (nSPS) is 10.5. The third-order valence-electron chi connectivity index (χ3n) is 4.12. The summed E-state index contributed by atoms with van der Waals surface area (Å²) in [6.07, 6.45) is 1.98. The van der Waals surface area contributed by atoms with Crippen molar-refractivity contribution in [3.63, 3.8) is 0 Å². The first-order valence-electron chi connectivity index (χ1n) is 8.71. The van der Waals surface area contributed by atoms with Crippen LogP contribution in [0.2, 0.25) is 0 Å². The van der Waals surface area contributed by atoms with Crippen LogP contribution in [0.3, 0.4) is 0 Å². The van der Waals surface area contributed by atoms with Gasteiger partial charge in [-0.05, 0) is 48.0 Å². The predicted molar refractivity (Wildman–Crippen MR) is 112 cm³/mol. The predicted octanol–water partition coefficient (Wildman–Crippen LogP) is 4.80. The van der Waals surface area contributed by atoms with Gasteiger partial charge < -0.3 is 11.1 Å². The molecule has 2 aromatic heterocycles. The van der Waals surface area contributed by atoms with Gasteiger partial charge in [-0.25, -0.2) is 19.3 Å². The van der Waals surface area contributed by atoms with E-state index in [2.05, 4.69) is 26.3 Å². The second kappa shape index (κ2) is 8.04. The lowest BCUT2D eigenvalue weighted by Crippen LogP contribution is -1.98. The molecule has 3 N–H and O–H groups in total. The molecule has 0 aliphatic rings. The maximum Gasteiger partial charge on any atom is 0.227 e. The first-order chi connectivity index (χ1) is 14.1. The van der Waals surface area contributed by atoms with E-state index in [1.807, 2.05) is 24.3 Å². The summed E-state index contributed by atoms with van der Waals surface area (Å²) >= 11 is 1.31. The van der Waals surface area contributed by atoms with Gasteiger partial charge in [0.1, 0.15) is 5.82 Å². The van der Waals surface area contributed by atoms with E-state index in [1.54, 1.807) is 24.4 Å². The van der Waals surface area contributed by atoms with E-state index in [0.29, 0.717) is 28.9 Å². The third kappa shape index (κ3) is 4.20. The van der Waals surface area contributed by atoms with E-state index in [0.717, 1.165) is 21.7 Å². The van der Waals surface area contributed by atoms with E-state index in [4.69, 9.17) is 11.0 Å². The number of nitrogens with two attached hydrogens (primary N) is 1. The number of nitrogen functional groups attached to an aromatic ring is 1. The smallest absolute Gasteiger partial charge is 0.227 e. The molecule has 0 atom stereocenters. The first-order valence-corrected chi connectivity index (χ1v) is 9.52. The largest absolute Gasteiger partial charge is 0.375 e. The Hall–Kier alpha value is -3.83. The monoisotopic (exact) mass is 402 g/mol. The molecule has 0 bridgehead atoms. The first kappa shape index (κ1) is 18.5. The number of benzene rings is 2. The van der Waals surface area contributed by atoms with Gasteiger partial charge in [0, 0.05) is 17.4 Å². The minimum atomic E-state index is -0.314. The molecule has 4 aromatic rings. The van der Waals surface area contributed by atoms with Crippen molar-refractivity contribution in [2.75, 3.05) is 11.1 Å². The van der Waals surface area contributed by atoms with Gasteiger partial charge in [0.05, 0.1) is 28.8 Å². The van der Waals surface area contributed by atoms with Crippen LogP contribution in [0.15, 0.2) is 60.8 Å². The molecule has 0 fully saturated rings. The van der Waals surface area contributed by atoms with Crippen LogP contribution < -0.4 is 11.1 Å². The molecule has 0 saturated carbocycles. The Labute approximate surface area is 170 Å². The van der Waals surface area contributed by atoms with Crippen LogP contribution in [0.5, 0.6) is 0 Å². The maximum absolute atomic E-state index is 13.3. The number of nitriles is 1. The summed E-state index contributed by atoms with van der Waals surface area (Å²) in [6.45, 7) is 0. The SMILES string of the molecule is N#CCc1cccc(Nc2nccc(-c3sc(N)nc3-c3ccc(F)cc3)n2)c1. The zero-order valence-electron chi connectivity index (χ0n) is 15.1. The van der Waals surface area contributed by atoms with Gasteiger partial charge in [-0.3, -0.25) is 0 Å². The van der Waals surface area contributed by atoms with Crippen LogP contribution in [0.4, 0.5) is 21.2 Å². The van der Waals surface area contributed by atoms with Crippen LogP contribution in [0, 0.1) is 17.1 Å². The van der Waals surface area contributed by atoms with Crippen molar-refractivity contribution in [3.8, 4) is 27.9 Å². The summed E-state index contributed by atoms with van der Waals surface area (Å²) in [7, 11) is 0. The molecule has 8 heteroatoms. The van der Waals surface area contributed by atoms with E-state index in [1.165, 1.54) is 23.5 Å². The van der Waals surface area contributed by atoms with Crippen LogP contribution >= 0.6 is 11.3 Å². The molecule has 142 valence electrons. The average molecular weight is 402 g/mol. The fraction of sp³-hybridized carbons (Fsp3) is 0.0476. The Balaban J connectivity index is 1.67. The minimum Gasteiger partial charge on any atom is -0.375 e. The van der Waals surface area contributed by atoms with Gasteiger partial charge in [0.15, 0.2) is 5.13 Å². The van der Waals surface area contributed by atoms with E-state index >= 15 is 0 Å². The lowest BCUT2D eigenvalue weighted by molar-refractivity contribution is 0.628. The molecule has 0 unspecified atom stereocenters. The van der Waals surface area contributed by atoms with Crippen LogP contribution in [-0.4, -0.2) is 15.0 Å². The molecule has 0 spiro atoms. The molecule has 0 saturated heterocycles. The van der Waals surface area contributed by atoms with Crippen molar-refractivity contribution in [2.45, 2.75) is 6.42 Å². The fourth-order valence-electron chi connectivity index (χ4n) is 2.84. The van der Waals surface area contributed by atoms with Gasteiger partial charge in [-0.2, -0.15) is 5.26 Å². The molecule has 2 heterocycles. The molecular formula is C21H15FN6S. The Morgan fingerprint density at radius 2 is 1.93 bits per heavy atom. The molecule has 0 radical (unpaired) electrons. The topological polar surface area (TPSA) is 101 Å². The van der Waals surface area contributed by atoms with Crippen molar-refractivity contribution in [2.24, 2.45) is 0 Å². The average Bonchev–Trinajstić information content (AvgIpc) is 3.11. The van der Waals surface area contributed by atoms with E-state index < -0.39 is 0 Å². The number of nitrogens with zero attached hydrogens (tertiary/aromatic N) is 4. The third-order valence-corrected chi connectivity index (χ3v) is 5.02. The van der Waals surface area contributed by atoms with Crippen molar-refractivity contribution < 1.29 is 4.39 Å². The number of hydrogen-bond donors (Lipinski definition) is 2. The quantitative estimate of drug-likeness (QED) is 0.497. The van der Waals surface area contributed by atoms with Gasteiger partial charge in [0.2, 0.25) is 5.95 Å². The highest BCUT2D eigenvalue weighted by molar-refractivity contribution is 7.19. The number of anilines is 3. The molecule has 6 nitrogen and oxygen atoms in total. The summed E-state index contributed by atoms with van der Waals surface area (Å²) in [6, 6.07) is 17.5. The van der Waals surface area contributed by atoms with E-state index in [-0.39, 0.29) is 5.82 Å². The molecule has 2 aromatic carbocycles. The highest BCUT2D eigenvalue weighted by Gasteiger charge is 2.16. The number of aromatic nitrogens is 3. The van der Waals surface area contributed by atoms with Gasteiger partial charge in [0.25, 0.3) is 0 Å². The van der Waals surface area contributed by atoms with Gasteiger partial charge in [-0.15, -0.1) is 0 Å². The summed E-state index contributed by atoms with van der Waals surface area (Å²) in [5, 5.41) is 12.4. The highest BCUT2D eigenvalue weighted by Crippen LogP contribution is 2.37. The fourth-order valence-corrected chi connectivity index (χ4v) is 3.66. The summed E-state index contributed by atoms with van der Waals surface area (Å²) < 4.78 is 13.3. The molecule has 0 amide bonds. The zero-order valence-corrected chi connectivity index (χ0v) is 15.9. The van der Waals surface area contributed by atoms with E-state index in [9.17, 15) is 4.39 Å². The zero-order chi connectivity index (χ0) is 20.2. The number of rotatable bonds is 5. The second-order valence-electron chi connectivity index (χ2n) is 6.16. The summed E-state index contributed by atoms with van der Waals surface area (Å²) in [5.41, 5.74) is 9.69. The molecular weight excluding hydrogens is 387 g/mol. The molecule has 0 aliphatic heterocycles. The van der Waals surface area contributed by atoms with Gasteiger partial charge >= 0.3 is 0 Å². The molecule has 29 heavy (non-hydrogen) atoms. The number of thiazole rings is 1. The number of nitrogens with one attached hydrogen (secondary N) is 1. The van der Waals surface area contributed by atoms with Crippen LogP contribution in [0.25, 0.3) is 21.8 Å². The maximum atomic E-state index is 13.3. The van der Waals surface area contributed by atoms with Crippen molar-refractivity contribution >= 4 is 28.1 Å². The molecule has 4 rings (SSSR count). The summed E-state index contributed by atoms with van der Waals surface area (Å²) in [5.74, 6) is 0.0966. The molecule has 0 aliphatic carbocycles. The van der Waals surface area contributed by atoms with Crippen LogP contribution in [0.1, 0.15) is 5.56 Å². The second-order valence-corrected chi connectivity index (χ2v) is 7.19. The Bertz CT molecular complexity index is 1200. The Morgan fingerprint density at radius 1 is 1.10 bits per heavy atom. The highest BCUT2D eigenvalue weighted by atomic mass is 32.1. The van der Waals surface area contributed by atoms with Crippen molar-refractivity contribution in [3.05, 3.63) is 72.2 Å². The number of halogens is 1. The number of hydrogen-bond acceptors (Lipinski definition) is 7. The van der Waals surface area contributed by atoms with Gasteiger partial charge in [-0.1, -0.05) is 23.5 Å². The minimum absolute atomic E-state index is 0.314. The van der Waals surface area contributed by atoms with Crippen LogP contribution in [-0.2, 0) is 6.42 Å². The lowest BCUT2D eigenvalue weighted by atomic mass is 10.1. The van der Waals surface area contributed by atoms with Crippen molar-refractivity contribution in [1.29, 1.82) is 5.26 Å².